The molecular weight excluding hydrogens is 401 g/mol. The summed E-state index contributed by atoms with van der Waals surface area (Å²) in [5.74, 6) is 1.06. The van der Waals surface area contributed by atoms with Crippen LogP contribution in [0.2, 0.25) is 0 Å². The molecule has 3 aliphatic rings. The zero-order valence-corrected chi connectivity index (χ0v) is 17.8. The molecule has 2 aromatic rings. The largest absolute Gasteiger partial charge is 0.508 e. The van der Waals surface area contributed by atoms with Crippen LogP contribution in [0, 0.1) is 5.92 Å². The number of likely N-dealkylation sites (tertiary alicyclic amines) is 1. The summed E-state index contributed by atoms with van der Waals surface area (Å²) in [5, 5.41) is 13.8. The van der Waals surface area contributed by atoms with Crippen LogP contribution in [0.3, 0.4) is 0 Å². The van der Waals surface area contributed by atoms with E-state index in [0.29, 0.717) is 18.2 Å². The molecule has 5 rings (SSSR count). The average Bonchev–Trinajstić information content (AvgIpc) is 3.54. The Morgan fingerprint density at radius 1 is 1.16 bits per heavy atom. The maximum atomic E-state index is 13.1. The summed E-state index contributed by atoms with van der Waals surface area (Å²) >= 11 is 0. The summed E-state index contributed by atoms with van der Waals surface area (Å²) in [6, 6.07) is 11.7. The third-order valence-electron chi connectivity index (χ3n) is 7.57. The Morgan fingerprint density at radius 2 is 1.97 bits per heavy atom. The van der Waals surface area contributed by atoms with Gasteiger partial charge in [0.15, 0.2) is 0 Å². The zero-order chi connectivity index (χ0) is 21.8. The fraction of sp³-hybridized carbons (Fsp3) is 0.520. The number of nitrogens with one attached hydrogen (secondary N) is 1. The molecule has 1 aliphatic heterocycles. The molecule has 3 nitrogen and oxygen atoms in total. The van der Waals surface area contributed by atoms with E-state index >= 15 is 0 Å². The third-order valence-corrected chi connectivity index (χ3v) is 7.57. The number of nitrogens with zero attached hydrogens (tertiary/aromatic N) is 1. The standard InChI is InChI=1S/C25H29F3N2O/c1-24-9-10-30(15-16-5-6-16)22(12-18-7-8-20(31)13-21(18)24)23(24)29-14-17-3-2-4-19(11-17)25(26,27)28/h2-4,7-8,11,13,16,22-23,29,31H,5-6,9-10,12,14-15H2,1H3/t22-,23-,24+/m1/s1. The minimum atomic E-state index is -4.33. The quantitative estimate of drug-likeness (QED) is 0.711. The fourth-order valence-corrected chi connectivity index (χ4v) is 5.69. The molecule has 0 aromatic heterocycles. The number of hydrogen-bond donors (Lipinski definition) is 2. The maximum absolute atomic E-state index is 13.1. The van der Waals surface area contributed by atoms with Gasteiger partial charge in [-0.2, -0.15) is 13.2 Å². The van der Waals surface area contributed by atoms with E-state index in [9.17, 15) is 18.3 Å². The summed E-state index contributed by atoms with van der Waals surface area (Å²) in [6.45, 7) is 4.77. The molecule has 166 valence electrons. The molecule has 6 heteroatoms. The second kappa shape index (κ2) is 7.52. The number of piperidine rings is 1. The summed E-state index contributed by atoms with van der Waals surface area (Å²) in [4.78, 5) is 2.60. The molecule has 0 spiro atoms. The number of hydrogen-bond acceptors (Lipinski definition) is 3. The van der Waals surface area contributed by atoms with Crippen molar-refractivity contribution in [2.24, 2.45) is 5.92 Å². The van der Waals surface area contributed by atoms with Gasteiger partial charge >= 0.3 is 6.18 Å². The molecule has 0 unspecified atom stereocenters. The number of fused-ring (bicyclic) bond motifs is 4. The summed E-state index contributed by atoms with van der Waals surface area (Å²) in [5.41, 5.74) is 2.33. The van der Waals surface area contributed by atoms with E-state index in [1.807, 2.05) is 12.1 Å². The first kappa shape index (κ1) is 20.8. The fourth-order valence-electron chi connectivity index (χ4n) is 5.69. The first-order chi connectivity index (χ1) is 14.7. The molecular formula is C25H29F3N2O. The van der Waals surface area contributed by atoms with Crippen LogP contribution in [0.4, 0.5) is 13.2 Å². The van der Waals surface area contributed by atoms with Gasteiger partial charge in [-0.1, -0.05) is 31.2 Å². The van der Waals surface area contributed by atoms with Gasteiger partial charge < -0.3 is 10.4 Å². The van der Waals surface area contributed by atoms with Crippen LogP contribution < -0.4 is 5.32 Å². The Morgan fingerprint density at radius 3 is 2.71 bits per heavy atom. The van der Waals surface area contributed by atoms with Crippen LogP contribution in [0.1, 0.15) is 48.4 Å². The van der Waals surface area contributed by atoms with Gasteiger partial charge in [0, 0.05) is 30.6 Å². The lowest BCUT2D eigenvalue weighted by Crippen LogP contribution is -2.67. The molecule has 2 bridgehead atoms. The number of phenolic OH excluding ortho intramolecular Hbond substituents is 1. The molecule has 31 heavy (non-hydrogen) atoms. The highest BCUT2D eigenvalue weighted by Crippen LogP contribution is 2.47. The first-order valence-corrected chi connectivity index (χ1v) is 11.2. The number of halogens is 3. The molecule has 2 aliphatic carbocycles. The van der Waals surface area contributed by atoms with Crippen LogP contribution in [0.15, 0.2) is 42.5 Å². The molecule has 2 fully saturated rings. The number of rotatable bonds is 5. The predicted molar refractivity (Wildman–Crippen MR) is 114 cm³/mol. The SMILES string of the molecule is C[C@]12CCN(CC3CC3)[C@H](Cc3ccc(O)cc31)[C@H]2NCc1cccc(C(F)(F)F)c1. The summed E-state index contributed by atoms with van der Waals surface area (Å²) in [6.07, 6.45) is 0.131. The van der Waals surface area contributed by atoms with Crippen molar-refractivity contribution in [1.82, 2.24) is 10.2 Å². The van der Waals surface area contributed by atoms with Gasteiger partial charge in [0.2, 0.25) is 0 Å². The smallest absolute Gasteiger partial charge is 0.416 e. The Labute approximate surface area is 181 Å². The van der Waals surface area contributed by atoms with Crippen molar-refractivity contribution in [1.29, 1.82) is 0 Å². The molecule has 1 saturated carbocycles. The molecule has 0 amide bonds. The van der Waals surface area contributed by atoms with Gasteiger partial charge in [-0.25, -0.2) is 0 Å². The maximum Gasteiger partial charge on any atom is 0.416 e. The van der Waals surface area contributed by atoms with Gasteiger partial charge in [0.1, 0.15) is 5.75 Å². The van der Waals surface area contributed by atoms with Crippen molar-refractivity contribution in [2.75, 3.05) is 13.1 Å². The second-order valence-electron chi connectivity index (χ2n) is 9.78. The highest BCUT2D eigenvalue weighted by molar-refractivity contribution is 5.45. The van der Waals surface area contributed by atoms with Gasteiger partial charge in [-0.15, -0.1) is 0 Å². The lowest BCUT2D eigenvalue weighted by molar-refractivity contribution is -0.137. The van der Waals surface area contributed by atoms with Crippen molar-refractivity contribution in [2.45, 2.75) is 62.8 Å². The number of aromatic hydroxyl groups is 1. The van der Waals surface area contributed by atoms with E-state index in [1.54, 1.807) is 12.1 Å². The van der Waals surface area contributed by atoms with Crippen molar-refractivity contribution in [3.8, 4) is 5.75 Å². The van der Waals surface area contributed by atoms with Gasteiger partial charge in [-0.3, -0.25) is 4.90 Å². The van der Waals surface area contributed by atoms with Gasteiger partial charge in [0.25, 0.3) is 0 Å². The van der Waals surface area contributed by atoms with E-state index in [4.69, 9.17) is 0 Å². The molecule has 0 radical (unpaired) electrons. The Kier molecular flexibility index (Phi) is 5.05. The van der Waals surface area contributed by atoms with E-state index < -0.39 is 11.7 Å². The molecule has 1 heterocycles. The number of benzene rings is 2. The lowest BCUT2D eigenvalue weighted by atomic mass is 9.61. The predicted octanol–water partition coefficient (Wildman–Crippen LogP) is 4.87. The minimum absolute atomic E-state index is 0.115. The van der Waals surface area contributed by atoms with E-state index in [2.05, 4.69) is 17.1 Å². The minimum Gasteiger partial charge on any atom is -0.508 e. The van der Waals surface area contributed by atoms with Crippen LogP contribution in [-0.4, -0.2) is 35.2 Å². The van der Waals surface area contributed by atoms with Crippen LogP contribution in [0.5, 0.6) is 5.75 Å². The summed E-state index contributed by atoms with van der Waals surface area (Å²) in [7, 11) is 0. The van der Waals surface area contributed by atoms with Crippen molar-refractivity contribution in [3.05, 3.63) is 64.7 Å². The van der Waals surface area contributed by atoms with Gasteiger partial charge in [-0.05, 0) is 73.0 Å². The molecule has 2 N–H and O–H groups in total. The molecule has 3 atom stereocenters. The summed E-state index contributed by atoms with van der Waals surface area (Å²) < 4.78 is 39.4. The third kappa shape index (κ3) is 3.96. The first-order valence-electron chi connectivity index (χ1n) is 11.2. The van der Waals surface area contributed by atoms with Crippen molar-refractivity contribution >= 4 is 0 Å². The normalized spacial score (nSPS) is 28.4. The zero-order valence-electron chi connectivity index (χ0n) is 17.8. The van der Waals surface area contributed by atoms with E-state index in [0.717, 1.165) is 37.9 Å². The lowest BCUT2D eigenvalue weighted by Gasteiger charge is -2.56. The Bertz CT molecular complexity index is 971. The van der Waals surface area contributed by atoms with Crippen LogP contribution in [0.25, 0.3) is 0 Å². The van der Waals surface area contributed by atoms with E-state index in [-0.39, 0.29) is 17.2 Å². The topological polar surface area (TPSA) is 35.5 Å². The van der Waals surface area contributed by atoms with Crippen LogP contribution >= 0.6 is 0 Å². The Hall–Kier alpha value is -2.05. The monoisotopic (exact) mass is 430 g/mol. The van der Waals surface area contributed by atoms with Crippen molar-refractivity contribution < 1.29 is 18.3 Å². The Balaban J connectivity index is 1.44. The highest BCUT2D eigenvalue weighted by Gasteiger charge is 2.51. The molecule has 2 aromatic carbocycles. The van der Waals surface area contributed by atoms with Crippen molar-refractivity contribution in [3.63, 3.8) is 0 Å². The van der Waals surface area contributed by atoms with Gasteiger partial charge in [0.05, 0.1) is 5.56 Å². The highest BCUT2D eigenvalue weighted by atomic mass is 19.4. The molecule has 1 saturated heterocycles. The number of phenols is 1. The van der Waals surface area contributed by atoms with Crippen LogP contribution in [-0.2, 0) is 24.6 Å². The second-order valence-corrected chi connectivity index (χ2v) is 9.78. The number of alkyl halides is 3. The average molecular weight is 431 g/mol. The van der Waals surface area contributed by atoms with E-state index in [1.165, 1.54) is 36.1 Å².